The number of thiophene rings is 1. The smallest absolute Gasteiger partial charge is 0.176 e. The molecular formula is C7H6BrNOS. The molecule has 1 aliphatic heterocycles. The lowest BCUT2D eigenvalue weighted by Gasteiger charge is -2.11. The van der Waals surface area contributed by atoms with Crippen LogP contribution in [0.2, 0.25) is 0 Å². The van der Waals surface area contributed by atoms with Crippen LogP contribution in [0.15, 0.2) is 9.85 Å². The zero-order valence-corrected chi connectivity index (χ0v) is 8.09. The van der Waals surface area contributed by atoms with Gasteiger partial charge in [0.25, 0.3) is 0 Å². The van der Waals surface area contributed by atoms with E-state index in [2.05, 4.69) is 21.2 Å². The molecule has 1 N–H and O–H groups in total. The van der Waals surface area contributed by atoms with Crippen molar-refractivity contribution in [2.24, 2.45) is 0 Å². The molecule has 1 aliphatic rings. The van der Waals surface area contributed by atoms with Crippen LogP contribution in [0.3, 0.4) is 0 Å². The van der Waals surface area contributed by atoms with Gasteiger partial charge in [-0.15, -0.1) is 11.3 Å². The van der Waals surface area contributed by atoms with E-state index in [9.17, 15) is 4.79 Å². The van der Waals surface area contributed by atoms with E-state index >= 15 is 0 Å². The highest BCUT2D eigenvalue weighted by molar-refractivity contribution is 9.11. The van der Waals surface area contributed by atoms with Crippen molar-refractivity contribution in [1.29, 1.82) is 0 Å². The Morgan fingerprint density at radius 1 is 1.64 bits per heavy atom. The predicted octanol–water partition coefficient (Wildman–Crippen LogP) is 2.51. The first-order chi connectivity index (χ1) is 5.27. The average Bonchev–Trinajstić information content (AvgIpc) is 2.31. The number of hydrogen-bond acceptors (Lipinski definition) is 3. The first-order valence-corrected chi connectivity index (χ1v) is 4.95. The maximum absolute atomic E-state index is 11.2. The van der Waals surface area contributed by atoms with Gasteiger partial charge in [0.05, 0.1) is 14.4 Å². The molecule has 4 heteroatoms. The fraction of sp³-hybridized carbons (Fsp3) is 0.286. The third-order valence-electron chi connectivity index (χ3n) is 1.62. The molecule has 0 bridgehead atoms. The van der Waals surface area contributed by atoms with Gasteiger partial charge in [0.1, 0.15) is 0 Å². The number of rotatable bonds is 0. The highest BCUT2D eigenvalue weighted by Gasteiger charge is 2.19. The molecule has 0 aromatic carbocycles. The number of fused-ring (bicyclic) bond motifs is 1. The molecule has 1 aromatic rings. The zero-order chi connectivity index (χ0) is 7.84. The Morgan fingerprint density at radius 2 is 2.45 bits per heavy atom. The van der Waals surface area contributed by atoms with Gasteiger partial charge in [0.2, 0.25) is 0 Å². The Hall–Kier alpha value is -0.350. The van der Waals surface area contributed by atoms with Crippen LogP contribution in [0.1, 0.15) is 16.1 Å². The molecule has 0 saturated carbocycles. The number of anilines is 1. The fourth-order valence-electron chi connectivity index (χ4n) is 1.12. The van der Waals surface area contributed by atoms with E-state index in [1.54, 1.807) is 0 Å². The summed E-state index contributed by atoms with van der Waals surface area (Å²) in [5, 5.41) is 3.17. The second-order valence-electron chi connectivity index (χ2n) is 2.39. The average molecular weight is 232 g/mol. The van der Waals surface area contributed by atoms with Crippen LogP contribution in [0.4, 0.5) is 5.69 Å². The molecule has 0 amide bonds. The Morgan fingerprint density at radius 3 is 3.18 bits per heavy atom. The van der Waals surface area contributed by atoms with Crippen LogP contribution in [0.25, 0.3) is 0 Å². The summed E-state index contributed by atoms with van der Waals surface area (Å²) in [6.45, 7) is 0.773. The molecule has 0 fully saturated rings. The maximum atomic E-state index is 11.2. The van der Waals surface area contributed by atoms with Crippen LogP contribution in [-0.2, 0) is 0 Å². The second-order valence-corrected chi connectivity index (χ2v) is 4.82. The third-order valence-corrected chi connectivity index (χ3v) is 3.30. The minimum atomic E-state index is 0.259. The molecule has 0 atom stereocenters. The first-order valence-electron chi connectivity index (χ1n) is 3.34. The van der Waals surface area contributed by atoms with Crippen molar-refractivity contribution in [2.45, 2.75) is 6.42 Å². The van der Waals surface area contributed by atoms with Crippen molar-refractivity contribution in [2.75, 3.05) is 11.9 Å². The summed E-state index contributed by atoms with van der Waals surface area (Å²) in [6, 6.07) is 1.96. The Balaban J connectivity index is 2.52. The lowest BCUT2D eigenvalue weighted by Crippen LogP contribution is -2.15. The predicted molar refractivity (Wildman–Crippen MR) is 49.5 cm³/mol. The van der Waals surface area contributed by atoms with E-state index in [-0.39, 0.29) is 5.78 Å². The summed E-state index contributed by atoms with van der Waals surface area (Å²) < 4.78 is 1.02. The standard InChI is InChI=1S/C7H6BrNOS/c8-6-3-4-7(11-6)5(10)1-2-9-4/h3,9H,1-2H2. The molecular weight excluding hydrogens is 226 g/mol. The number of nitrogens with one attached hydrogen (secondary N) is 1. The zero-order valence-electron chi connectivity index (χ0n) is 5.69. The summed E-state index contributed by atoms with van der Waals surface area (Å²) in [6.07, 6.45) is 0.625. The Labute approximate surface area is 76.7 Å². The van der Waals surface area contributed by atoms with Gasteiger partial charge in [-0.2, -0.15) is 0 Å². The highest BCUT2D eigenvalue weighted by atomic mass is 79.9. The second kappa shape index (κ2) is 2.60. The summed E-state index contributed by atoms with van der Waals surface area (Å²) >= 11 is 4.85. The molecule has 0 aliphatic carbocycles. The van der Waals surface area contributed by atoms with Gasteiger partial charge in [-0.05, 0) is 22.0 Å². The minimum Gasteiger partial charge on any atom is -0.383 e. The molecule has 2 heterocycles. The van der Waals surface area contributed by atoms with Gasteiger partial charge in [-0.3, -0.25) is 4.79 Å². The van der Waals surface area contributed by atoms with Gasteiger partial charge >= 0.3 is 0 Å². The Kier molecular flexibility index (Phi) is 1.73. The van der Waals surface area contributed by atoms with E-state index in [1.807, 2.05) is 6.07 Å². The molecule has 1 aromatic heterocycles. The van der Waals surface area contributed by atoms with Crippen LogP contribution in [0, 0.1) is 0 Å². The van der Waals surface area contributed by atoms with E-state index in [4.69, 9.17) is 0 Å². The van der Waals surface area contributed by atoms with Gasteiger partial charge < -0.3 is 5.32 Å². The summed E-state index contributed by atoms with van der Waals surface area (Å²) in [7, 11) is 0. The maximum Gasteiger partial charge on any atom is 0.176 e. The number of hydrogen-bond donors (Lipinski definition) is 1. The number of Topliss-reactive ketones (excluding diaryl/α,β-unsaturated/α-hetero) is 1. The van der Waals surface area contributed by atoms with Gasteiger partial charge in [0.15, 0.2) is 5.78 Å². The molecule has 58 valence electrons. The molecule has 0 unspecified atom stereocenters. The molecule has 11 heavy (non-hydrogen) atoms. The third kappa shape index (κ3) is 1.20. The van der Waals surface area contributed by atoms with Crippen molar-refractivity contribution < 1.29 is 4.79 Å². The van der Waals surface area contributed by atoms with Crippen LogP contribution < -0.4 is 5.32 Å². The first kappa shape index (κ1) is 7.31. The monoisotopic (exact) mass is 231 g/mol. The molecule has 0 radical (unpaired) electrons. The van der Waals surface area contributed by atoms with E-state index in [0.29, 0.717) is 6.42 Å². The van der Waals surface area contributed by atoms with Crippen molar-refractivity contribution in [1.82, 2.24) is 0 Å². The van der Waals surface area contributed by atoms with Gasteiger partial charge in [-0.1, -0.05) is 0 Å². The lowest BCUT2D eigenvalue weighted by molar-refractivity contribution is 0.0988. The van der Waals surface area contributed by atoms with Gasteiger partial charge in [-0.25, -0.2) is 0 Å². The van der Waals surface area contributed by atoms with Crippen molar-refractivity contribution in [3.63, 3.8) is 0 Å². The van der Waals surface area contributed by atoms with E-state index < -0.39 is 0 Å². The minimum absolute atomic E-state index is 0.259. The largest absolute Gasteiger partial charge is 0.383 e. The van der Waals surface area contributed by atoms with E-state index in [0.717, 1.165) is 20.9 Å². The number of carbonyl (C=O) groups is 1. The summed E-state index contributed by atoms with van der Waals surface area (Å²) in [4.78, 5) is 12.1. The topological polar surface area (TPSA) is 29.1 Å². The van der Waals surface area contributed by atoms with Gasteiger partial charge in [0, 0.05) is 13.0 Å². The number of halogens is 1. The summed E-state index contributed by atoms with van der Waals surface area (Å²) in [5.74, 6) is 0.259. The number of ketones is 1. The molecule has 2 rings (SSSR count). The Bertz CT molecular complexity index is 307. The van der Waals surface area contributed by atoms with Crippen molar-refractivity contribution in [3.05, 3.63) is 14.7 Å². The normalized spacial score (nSPS) is 15.9. The SMILES string of the molecule is O=C1CCNc2cc(Br)sc21. The molecule has 0 spiro atoms. The quantitative estimate of drug-likeness (QED) is 0.744. The molecule has 0 saturated heterocycles. The lowest BCUT2D eigenvalue weighted by atomic mass is 10.1. The number of carbonyl (C=O) groups excluding carboxylic acids is 1. The van der Waals surface area contributed by atoms with Crippen LogP contribution in [0.5, 0.6) is 0 Å². The molecule has 2 nitrogen and oxygen atoms in total. The fourth-order valence-corrected chi connectivity index (χ4v) is 2.67. The summed E-state index contributed by atoms with van der Waals surface area (Å²) in [5.41, 5.74) is 0.984. The van der Waals surface area contributed by atoms with Crippen LogP contribution >= 0.6 is 27.3 Å². The highest BCUT2D eigenvalue weighted by Crippen LogP contribution is 2.34. The van der Waals surface area contributed by atoms with Crippen molar-refractivity contribution in [3.8, 4) is 0 Å². The van der Waals surface area contributed by atoms with Crippen LogP contribution in [-0.4, -0.2) is 12.3 Å². The van der Waals surface area contributed by atoms with Crippen molar-refractivity contribution >= 4 is 38.7 Å². The van der Waals surface area contributed by atoms with E-state index in [1.165, 1.54) is 11.3 Å².